The Morgan fingerprint density at radius 2 is 1.89 bits per heavy atom. The van der Waals surface area contributed by atoms with Crippen LogP contribution in [0.15, 0.2) is 18.2 Å². The van der Waals surface area contributed by atoms with Crippen molar-refractivity contribution in [1.29, 1.82) is 0 Å². The van der Waals surface area contributed by atoms with Crippen LogP contribution < -0.4 is 5.14 Å². The van der Waals surface area contributed by atoms with Gasteiger partial charge in [0.2, 0.25) is 0 Å². The van der Waals surface area contributed by atoms with Gasteiger partial charge in [-0.1, -0.05) is 25.1 Å². The van der Waals surface area contributed by atoms with Gasteiger partial charge in [-0.05, 0) is 61.6 Å². The Morgan fingerprint density at radius 3 is 2.56 bits per heavy atom. The minimum Gasteiger partial charge on any atom is -0.252 e. The average Bonchev–Trinajstić information content (AvgIpc) is 2.37. The highest BCUT2D eigenvalue weighted by Gasteiger charge is 2.16. The molecule has 2 nitrogen and oxygen atoms in total. The van der Waals surface area contributed by atoms with Crippen molar-refractivity contribution in [1.82, 2.24) is 0 Å². The van der Waals surface area contributed by atoms with E-state index in [-0.39, 0.29) is 5.25 Å². The first-order valence-corrected chi connectivity index (χ1v) is 8.12. The molecule has 1 aromatic rings. The molecule has 0 radical (unpaired) electrons. The molecule has 0 aromatic heterocycles. The lowest BCUT2D eigenvalue weighted by Crippen LogP contribution is -2.20. The van der Waals surface area contributed by atoms with E-state index in [1.54, 1.807) is 0 Å². The topological polar surface area (TPSA) is 43.1 Å². The molecule has 1 aliphatic carbocycles. The second kappa shape index (κ2) is 5.98. The van der Waals surface area contributed by atoms with Gasteiger partial charge in [0.05, 0.1) is 11.0 Å². The second-order valence-corrected chi connectivity index (χ2v) is 6.97. The molecule has 0 fully saturated rings. The lowest BCUT2D eigenvalue weighted by Gasteiger charge is -2.20. The SMILES string of the molecule is CC(C[C@H](C)c1ccc2c(c1)CCCC2)S(N)=O. The van der Waals surface area contributed by atoms with Crippen LogP contribution in [0, 0.1) is 0 Å². The lowest BCUT2D eigenvalue weighted by molar-refractivity contribution is 0.632. The molecule has 0 saturated heterocycles. The molecule has 1 aliphatic rings. The smallest absolute Gasteiger partial charge is 0.0917 e. The summed E-state index contributed by atoms with van der Waals surface area (Å²) in [6.45, 7) is 4.17. The Labute approximate surface area is 113 Å². The van der Waals surface area contributed by atoms with Crippen LogP contribution in [0.4, 0.5) is 0 Å². The number of hydrogen-bond donors (Lipinski definition) is 1. The van der Waals surface area contributed by atoms with E-state index in [0.717, 1.165) is 6.42 Å². The number of benzene rings is 1. The molecule has 3 atom stereocenters. The Balaban J connectivity index is 2.11. The van der Waals surface area contributed by atoms with Gasteiger partial charge in [-0.3, -0.25) is 5.14 Å². The summed E-state index contributed by atoms with van der Waals surface area (Å²) in [7, 11) is -1.21. The van der Waals surface area contributed by atoms with Crippen LogP contribution in [0.25, 0.3) is 0 Å². The molecule has 2 rings (SSSR count). The molecular formula is C15H23NOS. The number of nitrogens with two attached hydrogens (primary N) is 1. The number of fused-ring (bicyclic) bond motifs is 1. The summed E-state index contributed by atoms with van der Waals surface area (Å²) in [5.74, 6) is 0.430. The first-order valence-electron chi connectivity index (χ1n) is 6.84. The number of aryl methyl sites for hydroxylation is 2. The summed E-state index contributed by atoms with van der Waals surface area (Å²) in [6.07, 6.45) is 5.97. The maximum atomic E-state index is 11.2. The monoisotopic (exact) mass is 265 g/mol. The number of hydrogen-bond acceptors (Lipinski definition) is 1. The van der Waals surface area contributed by atoms with E-state index in [1.807, 2.05) is 6.92 Å². The van der Waals surface area contributed by atoms with Crippen LogP contribution in [0.3, 0.4) is 0 Å². The van der Waals surface area contributed by atoms with Crippen LogP contribution in [-0.4, -0.2) is 9.46 Å². The van der Waals surface area contributed by atoms with Crippen molar-refractivity contribution >= 4 is 11.0 Å². The first-order chi connectivity index (χ1) is 8.58. The first kappa shape index (κ1) is 13.8. The van der Waals surface area contributed by atoms with Gasteiger partial charge >= 0.3 is 0 Å². The van der Waals surface area contributed by atoms with Crippen molar-refractivity contribution in [3.8, 4) is 0 Å². The third-order valence-corrected chi connectivity index (χ3v) is 5.01. The van der Waals surface area contributed by atoms with Crippen LogP contribution in [-0.2, 0) is 23.8 Å². The second-order valence-electron chi connectivity index (χ2n) is 5.51. The van der Waals surface area contributed by atoms with E-state index >= 15 is 0 Å². The van der Waals surface area contributed by atoms with Crippen LogP contribution >= 0.6 is 0 Å². The van der Waals surface area contributed by atoms with Gasteiger partial charge in [-0.25, -0.2) is 4.21 Å². The van der Waals surface area contributed by atoms with Gasteiger partial charge in [0.25, 0.3) is 0 Å². The summed E-state index contributed by atoms with van der Waals surface area (Å²) >= 11 is 0. The zero-order valence-corrected chi connectivity index (χ0v) is 12.1. The van der Waals surface area contributed by atoms with Crippen molar-refractivity contribution in [2.75, 3.05) is 0 Å². The highest BCUT2D eigenvalue weighted by atomic mass is 32.2. The van der Waals surface area contributed by atoms with E-state index in [0.29, 0.717) is 5.92 Å². The fraction of sp³-hybridized carbons (Fsp3) is 0.600. The molecular weight excluding hydrogens is 242 g/mol. The lowest BCUT2D eigenvalue weighted by atomic mass is 9.87. The Hall–Kier alpha value is -0.670. The molecule has 0 aliphatic heterocycles. The molecule has 0 bridgehead atoms. The molecule has 2 unspecified atom stereocenters. The van der Waals surface area contributed by atoms with Crippen LogP contribution in [0.2, 0.25) is 0 Å². The van der Waals surface area contributed by atoms with Crippen molar-refractivity contribution in [3.63, 3.8) is 0 Å². The fourth-order valence-corrected chi connectivity index (χ4v) is 3.27. The minimum absolute atomic E-state index is 0.0658. The predicted molar refractivity (Wildman–Crippen MR) is 77.9 cm³/mol. The van der Waals surface area contributed by atoms with Crippen LogP contribution in [0.1, 0.15) is 55.7 Å². The fourth-order valence-electron chi connectivity index (χ4n) is 2.79. The molecule has 1 aromatic carbocycles. The van der Waals surface area contributed by atoms with E-state index in [4.69, 9.17) is 5.14 Å². The normalized spacial score (nSPS) is 19.9. The predicted octanol–water partition coefficient (Wildman–Crippen LogP) is 3.07. The van der Waals surface area contributed by atoms with E-state index in [1.165, 1.54) is 42.4 Å². The van der Waals surface area contributed by atoms with Crippen molar-refractivity contribution in [2.45, 2.75) is 57.1 Å². The van der Waals surface area contributed by atoms with Gasteiger partial charge in [-0.2, -0.15) is 0 Å². The third-order valence-electron chi connectivity index (χ3n) is 4.02. The Morgan fingerprint density at radius 1 is 1.22 bits per heavy atom. The summed E-state index contributed by atoms with van der Waals surface area (Å²) in [5, 5.41) is 5.51. The zero-order chi connectivity index (χ0) is 13.1. The molecule has 2 N–H and O–H groups in total. The largest absolute Gasteiger partial charge is 0.252 e. The third kappa shape index (κ3) is 3.21. The zero-order valence-electron chi connectivity index (χ0n) is 11.3. The van der Waals surface area contributed by atoms with E-state index in [2.05, 4.69) is 25.1 Å². The van der Waals surface area contributed by atoms with E-state index < -0.39 is 11.0 Å². The minimum atomic E-state index is -1.21. The summed E-state index contributed by atoms with van der Waals surface area (Å²) in [4.78, 5) is 0. The maximum absolute atomic E-state index is 11.2. The maximum Gasteiger partial charge on any atom is 0.0917 e. The molecule has 0 spiro atoms. The summed E-state index contributed by atoms with van der Waals surface area (Å²) < 4.78 is 11.2. The van der Waals surface area contributed by atoms with Crippen molar-refractivity contribution in [3.05, 3.63) is 34.9 Å². The van der Waals surface area contributed by atoms with E-state index in [9.17, 15) is 4.21 Å². The molecule has 0 saturated carbocycles. The Kier molecular flexibility index (Phi) is 4.57. The van der Waals surface area contributed by atoms with Gasteiger partial charge in [0.1, 0.15) is 0 Å². The van der Waals surface area contributed by atoms with Crippen molar-refractivity contribution < 1.29 is 4.21 Å². The highest BCUT2D eigenvalue weighted by molar-refractivity contribution is 7.83. The number of rotatable bonds is 4. The van der Waals surface area contributed by atoms with Crippen LogP contribution in [0.5, 0.6) is 0 Å². The molecule has 100 valence electrons. The van der Waals surface area contributed by atoms with Gasteiger partial charge in [0.15, 0.2) is 0 Å². The van der Waals surface area contributed by atoms with Gasteiger partial charge < -0.3 is 0 Å². The molecule has 18 heavy (non-hydrogen) atoms. The molecule has 3 heteroatoms. The standard InChI is InChI=1S/C15H23NOS/c1-11(9-12(2)18(16)17)14-8-7-13-5-3-4-6-15(13)10-14/h7-8,10-12H,3-6,9,16H2,1-2H3/t11-,12?,18?/m0/s1. The summed E-state index contributed by atoms with van der Waals surface area (Å²) in [6, 6.07) is 6.87. The summed E-state index contributed by atoms with van der Waals surface area (Å²) in [5.41, 5.74) is 4.41. The van der Waals surface area contributed by atoms with Gasteiger partial charge in [-0.15, -0.1) is 0 Å². The van der Waals surface area contributed by atoms with Gasteiger partial charge in [0, 0.05) is 5.25 Å². The molecule has 0 amide bonds. The Bertz CT molecular complexity index is 444. The average molecular weight is 265 g/mol. The highest BCUT2D eigenvalue weighted by Crippen LogP contribution is 2.28. The van der Waals surface area contributed by atoms with Crippen molar-refractivity contribution in [2.24, 2.45) is 5.14 Å². The molecule has 0 heterocycles. The quantitative estimate of drug-likeness (QED) is 0.893.